The SMILES string of the molecule is Cc1ccc(CN2C(=O)C(O)=C(c3ccc(C)cc3)[C@H]2c2ccccc2F)cc1. The molecular formula is C25H22FNO2. The van der Waals surface area contributed by atoms with Gasteiger partial charge in [-0.3, -0.25) is 4.79 Å². The van der Waals surface area contributed by atoms with Crippen molar-refractivity contribution in [1.82, 2.24) is 4.90 Å². The number of carbonyl (C=O) groups is 1. The molecular weight excluding hydrogens is 365 g/mol. The Morgan fingerprint density at radius 1 is 0.897 bits per heavy atom. The molecule has 0 aromatic heterocycles. The summed E-state index contributed by atoms with van der Waals surface area (Å²) < 4.78 is 14.8. The lowest BCUT2D eigenvalue weighted by molar-refractivity contribution is -0.130. The number of nitrogens with zero attached hydrogens (tertiary/aromatic N) is 1. The van der Waals surface area contributed by atoms with Gasteiger partial charge in [-0.15, -0.1) is 0 Å². The Morgan fingerprint density at radius 2 is 1.48 bits per heavy atom. The number of aryl methyl sites for hydroxylation is 2. The van der Waals surface area contributed by atoms with Gasteiger partial charge in [0.05, 0.1) is 6.04 Å². The van der Waals surface area contributed by atoms with Crippen LogP contribution in [0, 0.1) is 19.7 Å². The largest absolute Gasteiger partial charge is 0.503 e. The maximum absolute atomic E-state index is 14.8. The highest BCUT2D eigenvalue weighted by molar-refractivity contribution is 6.05. The number of rotatable bonds is 4. The second kappa shape index (κ2) is 7.55. The predicted molar refractivity (Wildman–Crippen MR) is 112 cm³/mol. The molecule has 0 saturated carbocycles. The number of aliphatic hydroxyl groups excluding tert-OH is 1. The summed E-state index contributed by atoms with van der Waals surface area (Å²) in [6.07, 6.45) is 0. The molecule has 0 spiro atoms. The van der Waals surface area contributed by atoms with E-state index in [1.54, 1.807) is 18.2 Å². The Bertz CT molecular complexity index is 1080. The first kappa shape index (κ1) is 18.9. The molecule has 3 nitrogen and oxygen atoms in total. The first-order chi connectivity index (χ1) is 14.0. The molecule has 3 aromatic rings. The van der Waals surface area contributed by atoms with Crippen LogP contribution in [0.2, 0.25) is 0 Å². The third-order valence-electron chi connectivity index (χ3n) is 5.34. The number of halogens is 1. The summed E-state index contributed by atoms with van der Waals surface area (Å²) >= 11 is 0. The second-order valence-electron chi connectivity index (χ2n) is 7.47. The van der Waals surface area contributed by atoms with Crippen molar-refractivity contribution in [3.05, 3.63) is 112 Å². The first-order valence-electron chi connectivity index (χ1n) is 9.57. The summed E-state index contributed by atoms with van der Waals surface area (Å²) in [5.41, 5.74) is 4.62. The van der Waals surface area contributed by atoms with Crippen molar-refractivity contribution in [3.8, 4) is 0 Å². The second-order valence-corrected chi connectivity index (χ2v) is 7.47. The Hall–Kier alpha value is -3.40. The molecule has 1 N–H and O–H groups in total. The van der Waals surface area contributed by atoms with Crippen molar-refractivity contribution in [2.24, 2.45) is 0 Å². The minimum atomic E-state index is -0.701. The number of carbonyl (C=O) groups excluding carboxylic acids is 1. The molecule has 1 aliphatic rings. The average Bonchev–Trinajstić information content (AvgIpc) is 2.95. The van der Waals surface area contributed by atoms with Crippen LogP contribution in [0.4, 0.5) is 4.39 Å². The third kappa shape index (κ3) is 3.54. The van der Waals surface area contributed by atoms with Crippen LogP contribution >= 0.6 is 0 Å². The fraction of sp³-hybridized carbons (Fsp3) is 0.160. The third-order valence-corrected chi connectivity index (χ3v) is 5.34. The van der Waals surface area contributed by atoms with E-state index >= 15 is 0 Å². The zero-order valence-corrected chi connectivity index (χ0v) is 16.4. The van der Waals surface area contributed by atoms with Crippen molar-refractivity contribution < 1.29 is 14.3 Å². The molecule has 0 saturated heterocycles. The molecule has 0 bridgehead atoms. The van der Waals surface area contributed by atoms with E-state index in [4.69, 9.17) is 0 Å². The van der Waals surface area contributed by atoms with Gasteiger partial charge in [0, 0.05) is 17.7 Å². The van der Waals surface area contributed by atoms with E-state index in [0.717, 1.165) is 16.7 Å². The lowest BCUT2D eigenvalue weighted by Gasteiger charge is -2.28. The predicted octanol–water partition coefficient (Wildman–Crippen LogP) is 5.50. The zero-order valence-electron chi connectivity index (χ0n) is 16.4. The maximum Gasteiger partial charge on any atom is 0.290 e. The number of hydrogen-bond acceptors (Lipinski definition) is 2. The van der Waals surface area contributed by atoms with Crippen molar-refractivity contribution in [1.29, 1.82) is 0 Å². The van der Waals surface area contributed by atoms with Crippen LogP contribution in [0.5, 0.6) is 0 Å². The first-order valence-corrected chi connectivity index (χ1v) is 9.57. The van der Waals surface area contributed by atoms with Crippen LogP contribution in [0.1, 0.15) is 33.9 Å². The summed E-state index contributed by atoms with van der Waals surface area (Å²) in [6, 6.07) is 21.1. The molecule has 0 aliphatic carbocycles. The van der Waals surface area contributed by atoms with Gasteiger partial charge in [0.25, 0.3) is 5.91 Å². The van der Waals surface area contributed by atoms with Gasteiger partial charge < -0.3 is 10.0 Å². The van der Waals surface area contributed by atoms with Gasteiger partial charge in [-0.05, 0) is 31.0 Å². The van der Waals surface area contributed by atoms with Gasteiger partial charge in [-0.25, -0.2) is 4.39 Å². The van der Waals surface area contributed by atoms with Crippen molar-refractivity contribution in [2.45, 2.75) is 26.4 Å². The number of hydrogen-bond donors (Lipinski definition) is 1. The highest BCUT2D eigenvalue weighted by atomic mass is 19.1. The van der Waals surface area contributed by atoms with E-state index in [2.05, 4.69) is 0 Å². The van der Waals surface area contributed by atoms with Gasteiger partial charge in [0.15, 0.2) is 5.76 Å². The minimum absolute atomic E-state index is 0.275. The van der Waals surface area contributed by atoms with Gasteiger partial charge in [0.2, 0.25) is 0 Å². The number of benzene rings is 3. The highest BCUT2D eigenvalue weighted by Crippen LogP contribution is 2.44. The molecule has 1 atom stereocenters. The molecule has 1 amide bonds. The molecule has 0 unspecified atom stereocenters. The number of aliphatic hydroxyl groups is 1. The lowest BCUT2D eigenvalue weighted by Crippen LogP contribution is -2.30. The monoisotopic (exact) mass is 387 g/mol. The maximum atomic E-state index is 14.8. The Kier molecular flexibility index (Phi) is 4.93. The van der Waals surface area contributed by atoms with E-state index in [1.165, 1.54) is 11.0 Å². The molecule has 0 radical (unpaired) electrons. The summed E-state index contributed by atoms with van der Waals surface area (Å²) in [5.74, 6) is -1.22. The smallest absolute Gasteiger partial charge is 0.290 e. The van der Waals surface area contributed by atoms with Crippen LogP contribution in [-0.4, -0.2) is 15.9 Å². The van der Waals surface area contributed by atoms with Crippen molar-refractivity contribution in [2.75, 3.05) is 0 Å². The van der Waals surface area contributed by atoms with Gasteiger partial charge in [-0.2, -0.15) is 0 Å². The van der Waals surface area contributed by atoms with Gasteiger partial charge in [-0.1, -0.05) is 77.9 Å². The molecule has 0 fully saturated rings. The Balaban J connectivity index is 1.83. The fourth-order valence-electron chi connectivity index (χ4n) is 3.76. The van der Waals surface area contributed by atoms with Crippen LogP contribution in [-0.2, 0) is 11.3 Å². The minimum Gasteiger partial charge on any atom is -0.503 e. The molecule has 3 aromatic carbocycles. The van der Waals surface area contributed by atoms with Crippen molar-refractivity contribution >= 4 is 11.5 Å². The number of amides is 1. The van der Waals surface area contributed by atoms with Crippen LogP contribution in [0.3, 0.4) is 0 Å². The van der Waals surface area contributed by atoms with Gasteiger partial charge in [0.1, 0.15) is 5.82 Å². The topological polar surface area (TPSA) is 40.5 Å². The van der Waals surface area contributed by atoms with Gasteiger partial charge >= 0.3 is 0 Å². The fourth-order valence-corrected chi connectivity index (χ4v) is 3.76. The highest BCUT2D eigenvalue weighted by Gasteiger charge is 2.42. The normalized spacial score (nSPS) is 16.6. The van der Waals surface area contributed by atoms with Crippen LogP contribution in [0.15, 0.2) is 78.6 Å². The molecule has 146 valence electrons. The Labute approximate surface area is 169 Å². The summed E-state index contributed by atoms with van der Waals surface area (Å²) in [5, 5.41) is 10.8. The van der Waals surface area contributed by atoms with E-state index in [9.17, 15) is 14.3 Å². The van der Waals surface area contributed by atoms with E-state index in [0.29, 0.717) is 16.7 Å². The lowest BCUT2D eigenvalue weighted by atomic mass is 9.92. The Morgan fingerprint density at radius 3 is 2.10 bits per heavy atom. The molecule has 4 heteroatoms. The standard InChI is InChI=1S/C25H22FNO2/c1-16-7-11-18(12-8-16)15-27-23(20-5-3-4-6-21(20)26)22(24(28)25(27)29)19-13-9-17(2)10-14-19/h3-14,23,28H,15H2,1-2H3/t23-/m1/s1. The molecule has 1 heterocycles. The molecule has 1 aliphatic heterocycles. The van der Waals surface area contributed by atoms with E-state index < -0.39 is 17.8 Å². The average molecular weight is 387 g/mol. The van der Waals surface area contributed by atoms with E-state index in [1.807, 2.05) is 62.4 Å². The quantitative estimate of drug-likeness (QED) is 0.643. The summed E-state index contributed by atoms with van der Waals surface area (Å²) in [7, 11) is 0. The zero-order chi connectivity index (χ0) is 20.5. The molecule has 4 rings (SSSR count). The van der Waals surface area contributed by atoms with E-state index in [-0.39, 0.29) is 12.3 Å². The summed E-state index contributed by atoms with van der Waals surface area (Å²) in [6.45, 7) is 4.24. The van der Waals surface area contributed by atoms with Crippen LogP contribution in [0.25, 0.3) is 5.57 Å². The molecule has 29 heavy (non-hydrogen) atoms. The van der Waals surface area contributed by atoms with Crippen LogP contribution < -0.4 is 0 Å². The summed E-state index contributed by atoms with van der Waals surface area (Å²) in [4.78, 5) is 14.6. The van der Waals surface area contributed by atoms with Crippen molar-refractivity contribution in [3.63, 3.8) is 0 Å².